The highest BCUT2D eigenvalue weighted by atomic mass is 16.5. The van der Waals surface area contributed by atoms with E-state index in [0.29, 0.717) is 5.92 Å². The van der Waals surface area contributed by atoms with Gasteiger partial charge in [0.15, 0.2) is 0 Å². The van der Waals surface area contributed by atoms with Crippen molar-refractivity contribution in [1.82, 2.24) is 9.47 Å². The number of rotatable bonds is 6. The van der Waals surface area contributed by atoms with Crippen LogP contribution in [0.3, 0.4) is 0 Å². The number of carbonyl (C=O) groups excluding carboxylic acids is 1. The molecular formula is C21H30N2O2. The third-order valence-corrected chi connectivity index (χ3v) is 5.78. The number of allylic oxidation sites excluding steroid dienone is 1. The molecule has 0 bridgehead atoms. The Balaban J connectivity index is 1.41. The van der Waals surface area contributed by atoms with Crippen molar-refractivity contribution in [3.63, 3.8) is 0 Å². The Morgan fingerprint density at radius 2 is 2.12 bits per heavy atom. The van der Waals surface area contributed by atoms with Crippen molar-refractivity contribution in [3.05, 3.63) is 35.7 Å². The SMILES string of the molecule is O=C(C1=CCCCC1)N1Cc2cccn2C[C@@H](CCOCC2CC2)C1. The number of hydrogen-bond acceptors (Lipinski definition) is 2. The zero-order valence-electron chi connectivity index (χ0n) is 15.2. The van der Waals surface area contributed by atoms with Crippen molar-refractivity contribution in [1.29, 1.82) is 0 Å². The van der Waals surface area contributed by atoms with Gasteiger partial charge in [-0.25, -0.2) is 0 Å². The molecule has 1 aromatic heterocycles. The van der Waals surface area contributed by atoms with Gasteiger partial charge in [0.2, 0.25) is 5.91 Å². The average Bonchev–Trinajstić information content (AvgIpc) is 3.40. The van der Waals surface area contributed by atoms with Crippen LogP contribution in [0.2, 0.25) is 0 Å². The van der Waals surface area contributed by atoms with E-state index in [4.69, 9.17) is 4.74 Å². The standard InChI is InChI=1S/C21H30N2O2/c24-21(19-5-2-1-3-6-19)23-14-18(10-12-25-16-17-8-9-17)13-22-11-4-7-20(22)15-23/h4-5,7,11,17-18H,1-3,6,8-10,12-16H2/t18-/m1/s1. The normalized spacial score (nSPS) is 23.8. The summed E-state index contributed by atoms with van der Waals surface area (Å²) < 4.78 is 8.19. The monoisotopic (exact) mass is 342 g/mol. The van der Waals surface area contributed by atoms with Gasteiger partial charge in [-0.15, -0.1) is 0 Å². The molecule has 1 amide bonds. The minimum atomic E-state index is 0.262. The van der Waals surface area contributed by atoms with Gasteiger partial charge in [-0.3, -0.25) is 4.79 Å². The van der Waals surface area contributed by atoms with Crippen LogP contribution in [-0.2, 0) is 22.6 Å². The predicted molar refractivity (Wildman–Crippen MR) is 98.1 cm³/mol. The second-order valence-corrected chi connectivity index (χ2v) is 7.99. The highest BCUT2D eigenvalue weighted by Crippen LogP contribution is 2.29. The summed E-state index contributed by atoms with van der Waals surface area (Å²) in [5, 5.41) is 0. The van der Waals surface area contributed by atoms with E-state index >= 15 is 0 Å². The molecule has 1 fully saturated rings. The summed E-state index contributed by atoms with van der Waals surface area (Å²) in [5.41, 5.74) is 2.29. The van der Waals surface area contributed by atoms with Gasteiger partial charge in [0, 0.05) is 43.8 Å². The van der Waals surface area contributed by atoms with Crippen molar-refractivity contribution < 1.29 is 9.53 Å². The number of nitrogens with zero attached hydrogens (tertiary/aromatic N) is 2. The van der Waals surface area contributed by atoms with Crippen LogP contribution in [0.5, 0.6) is 0 Å². The first-order chi connectivity index (χ1) is 12.3. The van der Waals surface area contributed by atoms with E-state index in [-0.39, 0.29) is 5.91 Å². The quantitative estimate of drug-likeness (QED) is 0.738. The van der Waals surface area contributed by atoms with E-state index < -0.39 is 0 Å². The molecule has 1 atom stereocenters. The molecule has 1 saturated carbocycles. The molecule has 3 aliphatic rings. The van der Waals surface area contributed by atoms with Gasteiger partial charge in [-0.2, -0.15) is 0 Å². The van der Waals surface area contributed by atoms with Crippen LogP contribution in [-0.4, -0.2) is 35.1 Å². The van der Waals surface area contributed by atoms with Crippen LogP contribution < -0.4 is 0 Å². The third-order valence-electron chi connectivity index (χ3n) is 5.78. The molecule has 0 spiro atoms. The maximum absolute atomic E-state index is 13.0. The van der Waals surface area contributed by atoms with Gasteiger partial charge in [-0.1, -0.05) is 6.08 Å². The molecule has 4 nitrogen and oxygen atoms in total. The zero-order valence-corrected chi connectivity index (χ0v) is 15.2. The highest BCUT2D eigenvalue weighted by Gasteiger charge is 2.27. The molecule has 0 aromatic carbocycles. The lowest BCUT2D eigenvalue weighted by Gasteiger charge is -2.26. The molecule has 0 radical (unpaired) electrons. The fraction of sp³-hybridized carbons (Fsp3) is 0.667. The van der Waals surface area contributed by atoms with E-state index in [1.165, 1.54) is 25.0 Å². The molecule has 2 heterocycles. The molecule has 0 N–H and O–H groups in total. The van der Waals surface area contributed by atoms with Crippen molar-refractivity contribution >= 4 is 5.91 Å². The lowest BCUT2D eigenvalue weighted by molar-refractivity contribution is -0.128. The van der Waals surface area contributed by atoms with Crippen molar-refractivity contribution in [3.8, 4) is 0 Å². The van der Waals surface area contributed by atoms with E-state index in [1.807, 2.05) is 0 Å². The van der Waals surface area contributed by atoms with Gasteiger partial charge >= 0.3 is 0 Å². The summed E-state index contributed by atoms with van der Waals surface area (Å²) >= 11 is 0. The summed E-state index contributed by atoms with van der Waals surface area (Å²) in [6, 6.07) is 4.26. The number of ether oxygens (including phenoxy) is 1. The van der Waals surface area contributed by atoms with Crippen LogP contribution in [0.15, 0.2) is 30.0 Å². The summed E-state index contributed by atoms with van der Waals surface area (Å²) in [7, 11) is 0. The Labute approximate surface area is 150 Å². The summed E-state index contributed by atoms with van der Waals surface area (Å²) in [4.78, 5) is 15.1. The van der Waals surface area contributed by atoms with E-state index in [1.54, 1.807) is 0 Å². The maximum atomic E-state index is 13.0. The molecule has 1 aliphatic heterocycles. The largest absolute Gasteiger partial charge is 0.381 e. The molecular weight excluding hydrogens is 312 g/mol. The Morgan fingerprint density at radius 1 is 1.20 bits per heavy atom. The van der Waals surface area contributed by atoms with Crippen molar-refractivity contribution in [2.24, 2.45) is 11.8 Å². The van der Waals surface area contributed by atoms with Gasteiger partial charge in [0.05, 0.1) is 6.54 Å². The first-order valence-electron chi connectivity index (χ1n) is 9.99. The fourth-order valence-corrected chi connectivity index (χ4v) is 4.04. The first-order valence-corrected chi connectivity index (χ1v) is 9.99. The van der Waals surface area contributed by atoms with Crippen LogP contribution >= 0.6 is 0 Å². The first kappa shape index (κ1) is 16.9. The Kier molecular flexibility index (Phi) is 5.25. The molecule has 136 valence electrons. The summed E-state index contributed by atoms with van der Waals surface area (Å²) in [5.74, 6) is 1.56. The van der Waals surface area contributed by atoms with Crippen LogP contribution in [0.25, 0.3) is 0 Å². The van der Waals surface area contributed by atoms with Gasteiger partial charge in [0.1, 0.15) is 0 Å². The number of hydrogen-bond donors (Lipinski definition) is 0. The van der Waals surface area contributed by atoms with E-state index in [9.17, 15) is 4.79 Å². The minimum Gasteiger partial charge on any atom is -0.381 e. The van der Waals surface area contributed by atoms with Crippen LogP contribution in [0, 0.1) is 11.8 Å². The Hall–Kier alpha value is -1.55. The number of aromatic nitrogens is 1. The lowest BCUT2D eigenvalue weighted by atomic mass is 9.98. The van der Waals surface area contributed by atoms with Crippen LogP contribution in [0.1, 0.15) is 50.6 Å². The number of fused-ring (bicyclic) bond motifs is 1. The van der Waals surface area contributed by atoms with Gasteiger partial charge < -0.3 is 14.2 Å². The topological polar surface area (TPSA) is 34.5 Å². The predicted octanol–water partition coefficient (Wildman–Crippen LogP) is 3.76. The van der Waals surface area contributed by atoms with Crippen molar-refractivity contribution in [2.45, 2.75) is 58.0 Å². The average molecular weight is 342 g/mol. The zero-order chi connectivity index (χ0) is 17.1. The van der Waals surface area contributed by atoms with Gasteiger partial charge in [0.25, 0.3) is 0 Å². The fourth-order valence-electron chi connectivity index (χ4n) is 4.04. The van der Waals surface area contributed by atoms with Gasteiger partial charge in [-0.05, 0) is 68.9 Å². The second-order valence-electron chi connectivity index (χ2n) is 7.99. The molecule has 4 heteroatoms. The number of amides is 1. The smallest absolute Gasteiger partial charge is 0.249 e. The van der Waals surface area contributed by atoms with Crippen molar-refractivity contribution in [2.75, 3.05) is 19.8 Å². The molecule has 4 rings (SSSR count). The van der Waals surface area contributed by atoms with E-state index in [2.05, 4.69) is 33.9 Å². The molecule has 1 aromatic rings. The lowest BCUT2D eigenvalue weighted by Crippen LogP contribution is -2.35. The summed E-state index contributed by atoms with van der Waals surface area (Å²) in [6.45, 7) is 4.34. The van der Waals surface area contributed by atoms with E-state index in [0.717, 1.165) is 70.0 Å². The Bertz CT molecular complexity index is 630. The molecule has 2 aliphatic carbocycles. The third kappa shape index (κ3) is 4.35. The van der Waals surface area contributed by atoms with Crippen LogP contribution in [0.4, 0.5) is 0 Å². The molecule has 0 unspecified atom stereocenters. The number of carbonyl (C=O) groups is 1. The maximum Gasteiger partial charge on any atom is 0.249 e. The Morgan fingerprint density at radius 3 is 2.92 bits per heavy atom. The second kappa shape index (κ2) is 7.77. The molecule has 25 heavy (non-hydrogen) atoms. The molecule has 0 saturated heterocycles. The minimum absolute atomic E-state index is 0.262. The summed E-state index contributed by atoms with van der Waals surface area (Å²) in [6.07, 6.45) is 12.4. The highest BCUT2D eigenvalue weighted by molar-refractivity contribution is 5.93.